The molecule has 1 unspecified atom stereocenters. The van der Waals surface area contributed by atoms with Crippen molar-refractivity contribution >= 4 is 0 Å². The summed E-state index contributed by atoms with van der Waals surface area (Å²) in [5.41, 5.74) is 0. The van der Waals surface area contributed by atoms with Crippen molar-refractivity contribution in [2.45, 2.75) is 19.4 Å². The predicted molar refractivity (Wildman–Crippen MR) is 28.2 cm³/mol. The molecule has 2 heteroatoms. The van der Waals surface area contributed by atoms with E-state index in [-0.39, 0.29) is 0 Å². The summed E-state index contributed by atoms with van der Waals surface area (Å²) in [6, 6.07) is 0. The lowest BCUT2D eigenvalue weighted by Crippen LogP contribution is -1.73. The van der Waals surface area contributed by atoms with Crippen LogP contribution in [0.15, 0.2) is 0 Å². The molecule has 0 saturated carbocycles. The molecule has 0 bridgehead atoms. The first-order valence-electron chi connectivity index (χ1n) is 2.50. The van der Waals surface area contributed by atoms with Gasteiger partial charge in [0.05, 0.1) is 12.7 Å². The van der Waals surface area contributed by atoms with Crippen molar-refractivity contribution < 1.29 is 9.84 Å². The molecule has 1 atom stereocenters. The smallest absolute Gasteiger partial charge is 0.0807 e. The molecule has 1 rings (SSSR count). The zero-order chi connectivity index (χ0) is 5.70. The molecule has 7 heavy (non-hydrogen) atoms. The van der Waals surface area contributed by atoms with Crippen LogP contribution in [0.25, 0.3) is 0 Å². The quantitative estimate of drug-likeness (QED) is 0.488. The van der Waals surface area contributed by atoms with E-state index < -0.39 is 0 Å². The van der Waals surface area contributed by atoms with Crippen LogP contribution in [0, 0.1) is 0 Å². The molecule has 0 aromatic heterocycles. The molecule has 2 nitrogen and oxygen atoms in total. The summed E-state index contributed by atoms with van der Waals surface area (Å²) in [5.74, 6) is 0. The summed E-state index contributed by atoms with van der Waals surface area (Å²) >= 11 is 0. The van der Waals surface area contributed by atoms with E-state index in [9.17, 15) is 0 Å². The van der Waals surface area contributed by atoms with E-state index in [1.165, 1.54) is 6.42 Å². The molecule has 0 radical (unpaired) electrons. The van der Waals surface area contributed by atoms with Crippen molar-refractivity contribution in [3.63, 3.8) is 0 Å². The Morgan fingerprint density at radius 2 is 2.14 bits per heavy atom. The summed E-state index contributed by atoms with van der Waals surface area (Å²) in [6.45, 7) is 3.15. The Balaban J connectivity index is 0.000000162. The first-order chi connectivity index (χ1) is 3.43. The van der Waals surface area contributed by atoms with Gasteiger partial charge in [-0.15, -0.1) is 0 Å². The van der Waals surface area contributed by atoms with Gasteiger partial charge in [0.15, 0.2) is 0 Å². The van der Waals surface area contributed by atoms with Crippen LogP contribution < -0.4 is 0 Å². The Morgan fingerprint density at radius 3 is 2.14 bits per heavy atom. The number of hydrogen-bond acceptors (Lipinski definition) is 2. The van der Waals surface area contributed by atoms with Gasteiger partial charge in [0, 0.05) is 7.11 Å². The van der Waals surface area contributed by atoms with Gasteiger partial charge in [-0.2, -0.15) is 0 Å². The van der Waals surface area contributed by atoms with E-state index in [0.29, 0.717) is 6.10 Å². The van der Waals surface area contributed by atoms with Crippen LogP contribution in [-0.4, -0.2) is 24.9 Å². The lowest BCUT2D eigenvalue weighted by Gasteiger charge is -1.69. The number of aliphatic hydroxyl groups excluding tert-OH is 1. The maximum atomic E-state index is 7.00. The molecule has 1 saturated heterocycles. The van der Waals surface area contributed by atoms with Crippen LogP contribution >= 0.6 is 0 Å². The normalized spacial score (nSPS) is 25.3. The molecule has 0 aliphatic carbocycles. The van der Waals surface area contributed by atoms with Crippen molar-refractivity contribution in [1.82, 2.24) is 0 Å². The highest BCUT2D eigenvalue weighted by atomic mass is 16.6. The largest absolute Gasteiger partial charge is 0.400 e. The van der Waals surface area contributed by atoms with E-state index in [0.717, 1.165) is 13.7 Å². The fourth-order valence-electron chi connectivity index (χ4n) is 0.304. The third-order valence-electron chi connectivity index (χ3n) is 0.858. The molecule has 0 spiro atoms. The van der Waals surface area contributed by atoms with Gasteiger partial charge >= 0.3 is 0 Å². The minimum absolute atomic E-state index is 0.634. The zero-order valence-corrected chi connectivity index (χ0v) is 4.85. The second-order valence-electron chi connectivity index (χ2n) is 1.36. The SMILES string of the molecule is CCC1CO1.CO. The summed E-state index contributed by atoms with van der Waals surface area (Å²) in [4.78, 5) is 0. The summed E-state index contributed by atoms with van der Waals surface area (Å²) in [5, 5.41) is 7.00. The van der Waals surface area contributed by atoms with E-state index in [2.05, 4.69) is 6.92 Å². The molecular weight excluding hydrogens is 92.1 g/mol. The van der Waals surface area contributed by atoms with Crippen molar-refractivity contribution in [2.24, 2.45) is 0 Å². The Hall–Kier alpha value is -0.0800. The van der Waals surface area contributed by atoms with Gasteiger partial charge in [-0.25, -0.2) is 0 Å². The number of rotatable bonds is 1. The lowest BCUT2D eigenvalue weighted by molar-refractivity contribution is 0.399. The zero-order valence-electron chi connectivity index (χ0n) is 4.85. The molecule has 1 aliphatic rings. The molecule has 1 fully saturated rings. The van der Waals surface area contributed by atoms with Crippen molar-refractivity contribution in [2.75, 3.05) is 13.7 Å². The van der Waals surface area contributed by atoms with Crippen LogP contribution in [0.1, 0.15) is 13.3 Å². The third-order valence-corrected chi connectivity index (χ3v) is 0.858. The maximum Gasteiger partial charge on any atom is 0.0807 e. The van der Waals surface area contributed by atoms with Gasteiger partial charge < -0.3 is 9.84 Å². The topological polar surface area (TPSA) is 32.8 Å². The summed E-state index contributed by atoms with van der Waals surface area (Å²) < 4.78 is 4.86. The van der Waals surface area contributed by atoms with E-state index in [1.807, 2.05) is 0 Å². The Bertz CT molecular complexity index is 33.1. The second-order valence-corrected chi connectivity index (χ2v) is 1.36. The van der Waals surface area contributed by atoms with Crippen molar-refractivity contribution in [1.29, 1.82) is 0 Å². The number of ether oxygens (including phenoxy) is 1. The molecule has 0 aromatic rings. The fourth-order valence-corrected chi connectivity index (χ4v) is 0.304. The van der Waals surface area contributed by atoms with E-state index >= 15 is 0 Å². The summed E-state index contributed by atoms with van der Waals surface area (Å²) in [6.07, 6.45) is 1.83. The molecule has 1 N–H and O–H groups in total. The van der Waals surface area contributed by atoms with Crippen molar-refractivity contribution in [3.8, 4) is 0 Å². The van der Waals surface area contributed by atoms with E-state index in [4.69, 9.17) is 9.84 Å². The van der Waals surface area contributed by atoms with E-state index in [1.54, 1.807) is 0 Å². The second kappa shape index (κ2) is 4.09. The Morgan fingerprint density at radius 1 is 1.71 bits per heavy atom. The lowest BCUT2D eigenvalue weighted by atomic mass is 10.4. The average Bonchev–Trinajstić information content (AvgIpc) is 2.52. The highest BCUT2D eigenvalue weighted by Crippen LogP contribution is 2.10. The third kappa shape index (κ3) is 3.76. The molecule has 44 valence electrons. The maximum absolute atomic E-state index is 7.00. The highest BCUT2D eigenvalue weighted by molar-refractivity contribution is 4.64. The van der Waals surface area contributed by atoms with Gasteiger partial charge in [0.2, 0.25) is 0 Å². The van der Waals surface area contributed by atoms with Gasteiger partial charge in [-0.3, -0.25) is 0 Å². The minimum Gasteiger partial charge on any atom is -0.400 e. The molecule has 0 amide bonds. The number of hydrogen-bond donors (Lipinski definition) is 1. The summed E-state index contributed by atoms with van der Waals surface area (Å²) in [7, 11) is 1.00. The van der Waals surface area contributed by atoms with Crippen LogP contribution in [-0.2, 0) is 4.74 Å². The number of epoxide rings is 1. The van der Waals surface area contributed by atoms with Gasteiger partial charge in [0.1, 0.15) is 0 Å². The predicted octanol–water partition coefficient (Wildman–Crippen LogP) is 0.404. The Labute approximate surface area is 44.1 Å². The van der Waals surface area contributed by atoms with Crippen LogP contribution in [0.2, 0.25) is 0 Å². The van der Waals surface area contributed by atoms with Crippen molar-refractivity contribution in [3.05, 3.63) is 0 Å². The monoisotopic (exact) mass is 104 g/mol. The minimum atomic E-state index is 0.634. The van der Waals surface area contributed by atoms with Gasteiger partial charge in [0.25, 0.3) is 0 Å². The standard InChI is InChI=1S/C4H8O.CH4O/c1-2-4-3-5-4;1-2/h4H,2-3H2,1H3;2H,1H3. The molecule has 0 aromatic carbocycles. The highest BCUT2D eigenvalue weighted by Gasteiger charge is 2.18. The van der Waals surface area contributed by atoms with Gasteiger partial charge in [-0.05, 0) is 6.42 Å². The average molecular weight is 104 g/mol. The van der Waals surface area contributed by atoms with Gasteiger partial charge in [-0.1, -0.05) is 6.92 Å². The van der Waals surface area contributed by atoms with Crippen LogP contribution in [0.3, 0.4) is 0 Å². The molecule has 1 heterocycles. The first kappa shape index (κ1) is 6.92. The molecule has 1 aliphatic heterocycles. The Kier molecular flexibility index (Phi) is 4.04. The number of aliphatic hydroxyl groups is 1. The van der Waals surface area contributed by atoms with Crippen LogP contribution in [0.5, 0.6) is 0 Å². The van der Waals surface area contributed by atoms with Crippen LogP contribution in [0.4, 0.5) is 0 Å². The first-order valence-corrected chi connectivity index (χ1v) is 2.50. The molecular formula is C5H12O2. The fraction of sp³-hybridized carbons (Fsp3) is 1.00.